The fraction of sp³-hybridized carbons (Fsp3) is 0.0667. The third-order valence-electron chi connectivity index (χ3n) is 2.61. The Kier molecular flexibility index (Phi) is 4.47. The molecule has 4 heteroatoms. The van der Waals surface area contributed by atoms with Crippen molar-refractivity contribution in [3.8, 4) is 0 Å². The van der Waals surface area contributed by atoms with E-state index >= 15 is 0 Å². The summed E-state index contributed by atoms with van der Waals surface area (Å²) >= 11 is 3.45. The summed E-state index contributed by atoms with van der Waals surface area (Å²) in [5.74, 6) is -0.219. The lowest BCUT2D eigenvalue weighted by molar-refractivity contribution is 0.0955. The van der Waals surface area contributed by atoms with Crippen LogP contribution in [0, 0.1) is 6.92 Å². The van der Waals surface area contributed by atoms with Gasteiger partial charge in [-0.15, -0.1) is 0 Å². The highest BCUT2D eigenvalue weighted by Crippen LogP contribution is 2.16. The highest BCUT2D eigenvalue weighted by Gasteiger charge is 2.01. The van der Waals surface area contributed by atoms with Crippen LogP contribution in [0.2, 0.25) is 0 Å². The first-order chi connectivity index (χ1) is 9.16. The van der Waals surface area contributed by atoms with Gasteiger partial charge in [0, 0.05) is 10.0 Å². The van der Waals surface area contributed by atoms with Crippen LogP contribution in [-0.4, -0.2) is 12.1 Å². The highest BCUT2D eigenvalue weighted by atomic mass is 79.9. The molecule has 0 aliphatic rings. The summed E-state index contributed by atoms with van der Waals surface area (Å²) in [6, 6.07) is 14.9. The van der Waals surface area contributed by atoms with Crippen LogP contribution >= 0.6 is 15.9 Å². The summed E-state index contributed by atoms with van der Waals surface area (Å²) in [7, 11) is 0. The first-order valence-electron chi connectivity index (χ1n) is 5.81. The Balaban J connectivity index is 2.00. The lowest BCUT2D eigenvalue weighted by Gasteiger charge is -2.00. The van der Waals surface area contributed by atoms with Crippen molar-refractivity contribution in [1.29, 1.82) is 0 Å². The topological polar surface area (TPSA) is 41.5 Å². The molecule has 0 saturated heterocycles. The monoisotopic (exact) mass is 316 g/mol. The number of rotatable bonds is 3. The molecule has 0 heterocycles. The van der Waals surface area contributed by atoms with Gasteiger partial charge in [-0.1, -0.05) is 46.3 Å². The highest BCUT2D eigenvalue weighted by molar-refractivity contribution is 9.10. The van der Waals surface area contributed by atoms with E-state index in [0.717, 1.165) is 15.6 Å². The van der Waals surface area contributed by atoms with E-state index < -0.39 is 0 Å². The number of nitrogens with zero attached hydrogens (tertiary/aromatic N) is 1. The summed E-state index contributed by atoms with van der Waals surface area (Å²) in [5, 5.41) is 3.94. The van der Waals surface area contributed by atoms with Crippen LogP contribution in [0.4, 0.5) is 0 Å². The van der Waals surface area contributed by atoms with Crippen LogP contribution in [0.25, 0.3) is 0 Å². The van der Waals surface area contributed by atoms with Crippen molar-refractivity contribution in [3.05, 3.63) is 69.7 Å². The molecule has 2 rings (SSSR count). The molecule has 0 fully saturated rings. The molecule has 0 spiro atoms. The van der Waals surface area contributed by atoms with Crippen LogP contribution in [0.3, 0.4) is 0 Å². The van der Waals surface area contributed by atoms with Gasteiger partial charge in [-0.3, -0.25) is 4.79 Å². The molecule has 0 radical (unpaired) electrons. The molecule has 0 saturated carbocycles. The number of carbonyl (C=O) groups is 1. The number of nitrogens with one attached hydrogen (secondary N) is 1. The van der Waals surface area contributed by atoms with E-state index in [4.69, 9.17) is 0 Å². The van der Waals surface area contributed by atoms with E-state index in [2.05, 4.69) is 26.5 Å². The number of amides is 1. The van der Waals surface area contributed by atoms with E-state index in [1.54, 1.807) is 18.3 Å². The van der Waals surface area contributed by atoms with Crippen molar-refractivity contribution in [2.75, 3.05) is 0 Å². The van der Waals surface area contributed by atoms with Crippen molar-refractivity contribution in [3.63, 3.8) is 0 Å². The zero-order valence-electron chi connectivity index (χ0n) is 10.4. The maximum absolute atomic E-state index is 11.7. The number of aryl methyl sites for hydroxylation is 1. The third-order valence-corrected chi connectivity index (χ3v) is 3.47. The number of carbonyl (C=O) groups excluding carboxylic acids is 1. The predicted octanol–water partition coefficient (Wildman–Crippen LogP) is 3.52. The van der Waals surface area contributed by atoms with Gasteiger partial charge < -0.3 is 0 Å². The van der Waals surface area contributed by atoms with Gasteiger partial charge in [-0.05, 0) is 36.2 Å². The molecule has 96 valence electrons. The summed E-state index contributed by atoms with van der Waals surface area (Å²) in [4.78, 5) is 11.7. The lowest BCUT2D eigenvalue weighted by atomic mass is 10.2. The molecule has 2 aromatic rings. The minimum absolute atomic E-state index is 0.219. The standard InChI is InChI=1S/C15H13BrN2O/c1-11-7-8-12(9-14(11)16)10-17-18-15(19)13-5-3-2-4-6-13/h2-10H,1H3,(H,18,19)/b17-10+. The van der Waals surface area contributed by atoms with Gasteiger partial charge >= 0.3 is 0 Å². The van der Waals surface area contributed by atoms with E-state index in [9.17, 15) is 4.79 Å². The molecule has 3 nitrogen and oxygen atoms in total. The summed E-state index contributed by atoms with van der Waals surface area (Å²) in [6.07, 6.45) is 1.62. The maximum Gasteiger partial charge on any atom is 0.271 e. The molecule has 0 aliphatic heterocycles. The molecule has 0 unspecified atom stereocenters. The Bertz CT molecular complexity index is 609. The Morgan fingerprint density at radius 3 is 2.63 bits per heavy atom. The summed E-state index contributed by atoms with van der Waals surface area (Å²) < 4.78 is 1.02. The van der Waals surface area contributed by atoms with Crippen LogP contribution < -0.4 is 5.43 Å². The Morgan fingerprint density at radius 1 is 1.21 bits per heavy atom. The molecule has 0 bridgehead atoms. The molecular formula is C15H13BrN2O. The van der Waals surface area contributed by atoms with Crippen molar-refractivity contribution >= 4 is 28.1 Å². The van der Waals surface area contributed by atoms with E-state index in [1.165, 1.54) is 0 Å². The average Bonchev–Trinajstić information content (AvgIpc) is 2.43. The van der Waals surface area contributed by atoms with Crippen LogP contribution in [-0.2, 0) is 0 Å². The molecule has 1 amide bonds. The third kappa shape index (κ3) is 3.76. The van der Waals surface area contributed by atoms with Crippen LogP contribution in [0.5, 0.6) is 0 Å². The van der Waals surface area contributed by atoms with Crippen LogP contribution in [0.15, 0.2) is 58.1 Å². The van der Waals surface area contributed by atoms with Gasteiger partial charge in [0.1, 0.15) is 0 Å². The minimum atomic E-state index is -0.219. The average molecular weight is 317 g/mol. The Hall–Kier alpha value is -1.94. The van der Waals surface area contributed by atoms with E-state index in [0.29, 0.717) is 5.56 Å². The van der Waals surface area contributed by atoms with Gasteiger partial charge in [0.05, 0.1) is 6.21 Å². The second-order valence-corrected chi connectivity index (χ2v) is 4.93. The quantitative estimate of drug-likeness (QED) is 0.683. The summed E-state index contributed by atoms with van der Waals surface area (Å²) in [5.41, 5.74) is 5.16. The zero-order chi connectivity index (χ0) is 13.7. The van der Waals surface area contributed by atoms with Crippen molar-refractivity contribution in [2.24, 2.45) is 5.10 Å². The normalized spacial score (nSPS) is 10.6. The molecule has 0 aromatic heterocycles. The van der Waals surface area contributed by atoms with E-state index in [-0.39, 0.29) is 5.91 Å². The molecule has 2 aromatic carbocycles. The van der Waals surface area contributed by atoms with Gasteiger partial charge in [0.15, 0.2) is 0 Å². The first kappa shape index (κ1) is 13.5. The van der Waals surface area contributed by atoms with E-state index in [1.807, 2.05) is 43.3 Å². The second-order valence-electron chi connectivity index (χ2n) is 4.07. The zero-order valence-corrected chi connectivity index (χ0v) is 12.0. The molecule has 0 aliphatic carbocycles. The Labute approximate surface area is 120 Å². The van der Waals surface area contributed by atoms with Crippen molar-refractivity contribution in [2.45, 2.75) is 6.92 Å². The SMILES string of the molecule is Cc1ccc(/C=N/NC(=O)c2ccccc2)cc1Br. The maximum atomic E-state index is 11.7. The smallest absolute Gasteiger partial charge is 0.267 e. The van der Waals surface area contributed by atoms with Crippen molar-refractivity contribution in [1.82, 2.24) is 5.43 Å². The number of halogens is 1. The number of benzene rings is 2. The lowest BCUT2D eigenvalue weighted by Crippen LogP contribution is -2.17. The van der Waals surface area contributed by atoms with Gasteiger partial charge in [-0.2, -0.15) is 5.10 Å². The van der Waals surface area contributed by atoms with Gasteiger partial charge in [0.2, 0.25) is 0 Å². The van der Waals surface area contributed by atoms with Crippen LogP contribution in [0.1, 0.15) is 21.5 Å². The molecular weight excluding hydrogens is 304 g/mol. The Morgan fingerprint density at radius 2 is 1.95 bits per heavy atom. The fourth-order valence-electron chi connectivity index (χ4n) is 1.51. The number of hydrogen-bond acceptors (Lipinski definition) is 2. The van der Waals surface area contributed by atoms with Crippen molar-refractivity contribution < 1.29 is 4.79 Å². The molecule has 1 N–H and O–H groups in total. The predicted molar refractivity (Wildman–Crippen MR) is 80.4 cm³/mol. The van der Waals surface area contributed by atoms with Gasteiger partial charge in [-0.25, -0.2) is 5.43 Å². The molecule has 0 atom stereocenters. The minimum Gasteiger partial charge on any atom is -0.267 e. The fourth-order valence-corrected chi connectivity index (χ4v) is 1.91. The number of hydrazone groups is 1. The summed E-state index contributed by atoms with van der Waals surface area (Å²) in [6.45, 7) is 2.02. The molecule has 19 heavy (non-hydrogen) atoms. The first-order valence-corrected chi connectivity index (χ1v) is 6.61. The second kappa shape index (κ2) is 6.29. The number of hydrogen-bond donors (Lipinski definition) is 1. The largest absolute Gasteiger partial charge is 0.271 e. The van der Waals surface area contributed by atoms with Gasteiger partial charge in [0.25, 0.3) is 5.91 Å².